The predicted octanol–water partition coefficient (Wildman–Crippen LogP) is 1.87. The van der Waals surface area contributed by atoms with Crippen LogP contribution in [-0.4, -0.2) is 32.7 Å². The van der Waals surface area contributed by atoms with E-state index in [9.17, 15) is 4.79 Å². The van der Waals surface area contributed by atoms with Crippen molar-refractivity contribution in [2.24, 2.45) is 0 Å². The Morgan fingerprint density at radius 2 is 2.06 bits per heavy atom. The number of methoxy groups -OCH3 is 1. The highest BCUT2D eigenvalue weighted by Gasteiger charge is 2.04. The van der Waals surface area contributed by atoms with Crippen LogP contribution in [0.25, 0.3) is 0 Å². The summed E-state index contributed by atoms with van der Waals surface area (Å²) in [6.07, 6.45) is 0.469. The van der Waals surface area contributed by atoms with Gasteiger partial charge in [0.15, 0.2) is 0 Å². The first-order valence-electron chi connectivity index (χ1n) is 6.20. The van der Waals surface area contributed by atoms with Crippen LogP contribution in [0.1, 0.15) is 17.5 Å². The van der Waals surface area contributed by atoms with Crippen molar-refractivity contribution in [3.8, 4) is 0 Å². The number of nitrogens with one attached hydrogen (secondary N) is 2. The molecule has 0 heterocycles. The molecule has 0 radical (unpaired) electrons. The number of hydrogen-bond donors (Lipinski definition) is 2. The Kier molecular flexibility index (Phi) is 6.39. The summed E-state index contributed by atoms with van der Waals surface area (Å²) in [5, 5.41) is 6.07. The van der Waals surface area contributed by atoms with Crippen LogP contribution in [0.4, 0.5) is 5.69 Å². The van der Waals surface area contributed by atoms with Gasteiger partial charge in [-0.15, -0.1) is 0 Å². The van der Waals surface area contributed by atoms with Crippen molar-refractivity contribution >= 4 is 11.6 Å². The molecule has 1 amide bonds. The largest absolute Gasteiger partial charge is 0.383 e. The number of carbonyl (C=O) groups excluding carboxylic acids is 1. The van der Waals surface area contributed by atoms with Gasteiger partial charge in [0.05, 0.1) is 6.61 Å². The summed E-state index contributed by atoms with van der Waals surface area (Å²) in [5.41, 5.74) is 3.13. The summed E-state index contributed by atoms with van der Waals surface area (Å²) in [5.74, 6) is 0.0358. The van der Waals surface area contributed by atoms with Gasteiger partial charge in [-0.05, 0) is 31.0 Å². The summed E-state index contributed by atoms with van der Waals surface area (Å²) in [6.45, 7) is 6.11. The van der Waals surface area contributed by atoms with Gasteiger partial charge in [0.2, 0.25) is 5.91 Å². The van der Waals surface area contributed by atoms with Crippen LogP contribution in [0.3, 0.4) is 0 Å². The maximum absolute atomic E-state index is 11.7. The number of amides is 1. The Labute approximate surface area is 109 Å². The summed E-state index contributed by atoms with van der Waals surface area (Å²) in [7, 11) is 1.66. The molecule has 0 fully saturated rings. The monoisotopic (exact) mass is 250 g/mol. The third kappa shape index (κ3) is 5.29. The first kappa shape index (κ1) is 14.7. The molecule has 0 aliphatic heterocycles. The second kappa shape index (κ2) is 7.84. The van der Waals surface area contributed by atoms with Gasteiger partial charge >= 0.3 is 0 Å². The fourth-order valence-corrected chi connectivity index (χ4v) is 1.58. The van der Waals surface area contributed by atoms with Gasteiger partial charge in [-0.3, -0.25) is 4.79 Å². The molecule has 0 unspecified atom stereocenters. The Hall–Kier alpha value is -1.39. The molecule has 0 saturated heterocycles. The standard InChI is InChI=1S/C14H22N2O2/c1-11-4-5-12(2)13(10-11)16-14(17)6-7-15-8-9-18-3/h4-5,10,15H,6-9H2,1-3H3,(H,16,17). The van der Waals surface area contributed by atoms with Crippen LogP contribution in [0.5, 0.6) is 0 Å². The van der Waals surface area contributed by atoms with Crippen LogP contribution in [-0.2, 0) is 9.53 Å². The minimum absolute atomic E-state index is 0.0358. The molecular weight excluding hydrogens is 228 g/mol. The first-order chi connectivity index (χ1) is 8.63. The van der Waals surface area contributed by atoms with Crippen molar-refractivity contribution in [1.29, 1.82) is 0 Å². The van der Waals surface area contributed by atoms with Gasteiger partial charge in [-0.25, -0.2) is 0 Å². The van der Waals surface area contributed by atoms with Crippen molar-refractivity contribution in [2.45, 2.75) is 20.3 Å². The van der Waals surface area contributed by atoms with E-state index in [0.717, 1.165) is 23.4 Å². The smallest absolute Gasteiger partial charge is 0.225 e. The van der Waals surface area contributed by atoms with Gasteiger partial charge in [-0.1, -0.05) is 12.1 Å². The third-order valence-electron chi connectivity index (χ3n) is 2.68. The Morgan fingerprint density at radius 1 is 1.28 bits per heavy atom. The molecule has 2 N–H and O–H groups in total. The number of carbonyl (C=O) groups is 1. The minimum atomic E-state index is 0.0358. The van der Waals surface area contributed by atoms with Crippen LogP contribution in [0.2, 0.25) is 0 Å². The molecule has 0 bridgehead atoms. The normalized spacial score (nSPS) is 10.4. The lowest BCUT2D eigenvalue weighted by molar-refractivity contribution is -0.116. The van der Waals surface area contributed by atoms with Crippen molar-refractivity contribution in [3.05, 3.63) is 29.3 Å². The van der Waals surface area contributed by atoms with E-state index >= 15 is 0 Å². The van der Waals surface area contributed by atoms with E-state index in [1.165, 1.54) is 0 Å². The Balaban J connectivity index is 2.33. The zero-order valence-corrected chi connectivity index (χ0v) is 11.4. The first-order valence-corrected chi connectivity index (χ1v) is 6.20. The number of anilines is 1. The number of aryl methyl sites for hydroxylation is 2. The molecule has 0 aromatic heterocycles. The van der Waals surface area contributed by atoms with E-state index in [0.29, 0.717) is 19.6 Å². The van der Waals surface area contributed by atoms with E-state index in [4.69, 9.17) is 4.74 Å². The van der Waals surface area contributed by atoms with E-state index < -0.39 is 0 Å². The number of rotatable bonds is 7. The molecule has 100 valence electrons. The number of ether oxygens (including phenoxy) is 1. The summed E-state index contributed by atoms with van der Waals surface area (Å²) < 4.78 is 4.91. The molecular formula is C14H22N2O2. The fraction of sp³-hybridized carbons (Fsp3) is 0.500. The molecule has 1 rings (SSSR count). The maximum Gasteiger partial charge on any atom is 0.225 e. The number of benzene rings is 1. The minimum Gasteiger partial charge on any atom is -0.383 e. The summed E-state index contributed by atoms with van der Waals surface area (Å²) in [6, 6.07) is 6.05. The summed E-state index contributed by atoms with van der Waals surface area (Å²) in [4.78, 5) is 11.7. The van der Waals surface area contributed by atoms with Crippen molar-refractivity contribution in [3.63, 3.8) is 0 Å². The second-order valence-corrected chi connectivity index (χ2v) is 4.36. The van der Waals surface area contributed by atoms with Crippen molar-refractivity contribution in [1.82, 2.24) is 5.32 Å². The molecule has 0 spiro atoms. The molecule has 1 aromatic rings. The molecule has 4 nitrogen and oxygen atoms in total. The third-order valence-corrected chi connectivity index (χ3v) is 2.68. The van der Waals surface area contributed by atoms with Gasteiger partial charge in [0.25, 0.3) is 0 Å². The SMILES string of the molecule is COCCNCCC(=O)Nc1cc(C)ccc1C. The highest BCUT2D eigenvalue weighted by molar-refractivity contribution is 5.91. The quantitative estimate of drug-likeness (QED) is 0.726. The molecule has 1 aromatic carbocycles. The molecule has 0 aliphatic carbocycles. The highest BCUT2D eigenvalue weighted by atomic mass is 16.5. The molecule has 0 aliphatic rings. The van der Waals surface area contributed by atoms with Crippen molar-refractivity contribution < 1.29 is 9.53 Å². The lowest BCUT2D eigenvalue weighted by atomic mass is 10.1. The molecule has 0 saturated carbocycles. The predicted molar refractivity (Wildman–Crippen MR) is 73.9 cm³/mol. The molecule has 18 heavy (non-hydrogen) atoms. The van der Waals surface area contributed by atoms with Gasteiger partial charge in [-0.2, -0.15) is 0 Å². The molecule has 4 heteroatoms. The van der Waals surface area contributed by atoms with Crippen molar-refractivity contribution in [2.75, 3.05) is 32.1 Å². The van der Waals surface area contributed by atoms with Crippen LogP contribution >= 0.6 is 0 Å². The zero-order chi connectivity index (χ0) is 13.4. The van der Waals surface area contributed by atoms with Crippen LogP contribution < -0.4 is 10.6 Å². The van der Waals surface area contributed by atoms with E-state index in [1.807, 2.05) is 32.0 Å². The topological polar surface area (TPSA) is 50.4 Å². The average Bonchev–Trinajstić information content (AvgIpc) is 2.33. The lowest BCUT2D eigenvalue weighted by Crippen LogP contribution is -2.24. The Bertz CT molecular complexity index is 391. The van der Waals surface area contributed by atoms with Gasteiger partial charge in [0, 0.05) is 32.3 Å². The van der Waals surface area contributed by atoms with Gasteiger partial charge < -0.3 is 15.4 Å². The maximum atomic E-state index is 11.7. The number of hydrogen-bond acceptors (Lipinski definition) is 3. The highest BCUT2D eigenvalue weighted by Crippen LogP contribution is 2.16. The molecule has 0 atom stereocenters. The van der Waals surface area contributed by atoms with Crippen LogP contribution in [0, 0.1) is 13.8 Å². The summed E-state index contributed by atoms with van der Waals surface area (Å²) >= 11 is 0. The van der Waals surface area contributed by atoms with E-state index in [1.54, 1.807) is 7.11 Å². The van der Waals surface area contributed by atoms with E-state index in [-0.39, 0.29) is 5.91 Å². The van der Waals surface area contributed by atoms with E-state index in [2.05, 4.69) is 10.6 Å². The average molecular weight is 250 g/mol. The van der Waals surface area contributed by atoms with Crippen LogP contribution in [0.15, 0.2) is 18.2 Å². The fourth-order valence-electron chi connectivity index (χ4n) is 1.58. The lowest BCUT2D eigenvalue weighted by Gasteiger charge is -2.09. The second-order valence-electron chi connectivity index (χ2n) is 4.36. The van der Waals surface area contributed by atoms with Gasteiger partial charge in [0.1, 0.15) is 0 Å². The Morgan fingerprint density at radius 3 is 2.78 bits per heavy atom. The zero-order valence-electron chi connectivity index (χ0n) is 11.4.